The van der Waals surface area contributed by atoms with E-state index in [1.807, 2.05) is 24.3 Å². The van der Waals surface area contributed by atoms with Crippen molar-refractivity contribution in [3.8, 4) is 22.5 Å². The molecule has 12 aromatic carbocycles. The molecule has 4 nitrogen and oxygen atoms in total. The third-order valence-electron chi connectivity index (χ3n) is 16.1. The molecule has 0 bridgehead atoms. The Bertz CT molecular complexity index is 4310. The Morgan fingerprint density at radius 2 is 0.595 bits per heavy atom. The number of anilines is 6. The van der Waals surface area contributed by atoms with Crippen molar-refractivity contribution in [3.05, 3.63) is 325 Å². The highest BCUT2D eigenvalue weighted by atomic mass is 19.1. The van der Waals surface area contributed by atoms with Gasteiger partial charge < -0.3 is 18.9 Å². The lowest BCUT2D eigenvalue weighted by molar-refractivity contribution is 0.627. The molecule has 6 heteroatoms. The van der Waals surface area contributed by atoms with Crippen molar-refractivity contribution in [3.63, 3.8) is 0 Å². The molecular formula is C73H48F2N4. The van der Waals surface area contributed by atoms with E-state index in [4.69, 9.17) is 0 Å². The number of nitrogens with zero attached hydrogens (tertiary/aromatic N) is 4. The highest BCUT2D eigenvalue weighted by Gasteiger charge is 2.47. The molecule has 0 fully saturated rings. The monoisotopic (exact) mass is 1020 g/mol. The van der Waals surface area contributed by atoms with Gasteiger partial charge in [-0.15, -0.1) is 0 Å². The van der Waals surface area contributed by atoms with Gasteiger partial charge in [0.15, 0.2) is 0 Å². The lowest BCUT2D eigenvalue weighted by Crippen LogP contribution is -2.29. The second kappa shape index (κ2) is 18.5. The highest BCUT2D eigenvalue weighted by Crippen LogP contribution is 2.59. The Balaban J connectivity index is 0.939. The summed E-state index contributed by atoms with van der Waals surface area (Å²) >= 11 is 0. The maximum Gasteiger partial charge on any atom is 0.123 e. The maximum atomic E-state index is 14.3. The van der Waals surface area contributed by atoms with Crippen LogP contribution in [-0.2, 0) is 5.41 Å². The fourth-order valence-electron chi connectivity index (χ4n) is 12.7. The summed E-state index contributed by atoms with van der Waals surface area (Å²) in [5.41, 5.74) is 18.4. The predicted octanol–water partition coefficient (Wildman–Crippen LogP) is 19.5. The molecule has 2 aromatic heterocycles. The van der Waals surface area contributed by atoms with E-state index in [1.165, 1.54) is 46.5 Å². The molecule has 0 N–H and O–H groups in total. The first-order valence-corrected chi connectivity index (χ1v) is 26.7. The van der Waals surface area contributed by atoms with E-state index in [9.17, 15) is 8.78 Å². The van der Waals surface area contributed by atoms with Crippen molar-refractivity contribution in [2.24, 2.45) is 0 Å². The van der Waals surface area contributed by atoms with Crippen molar-refractivity contribution in [2.75, 3.05) is 9.80 Å². The molecule has 15 rings (SSSR count). The Hall–Kier alpha value is -10.3. The van der Waals surface area contributed by atoms with Gasteiger partial charge in [-0.1, -0.05) is 146 Å². The standard InChI is InChI=1S/C73H48F2N4/c74-51-29-33-55(34-30-51)78-69-27-15-13-25-63(69)65-45-57(39-43-71(65)78)76(53-21-9-3-10-22-53)59-37-41-61-62-42-38-60(48-68(62)73(67(61)47-59,49-17-5-1-6-18-49)50-19-7-2-8-20-50)77(54-23-11-4-12-24-54)58-40-44-72-66(46-58)64-26-14-16-28-70(64)79(72)56-35-31-52(75)32-36-56/h1-48H. The molecule has 0 atom stereocenters. The first-order valence-electron chi connectivity index (χ1n) is 26.7. The minimum atomic E-state index is -0.747. The van der Waals surface area contributed by atoms with Gasteiger partial charge in [0.05, 0.1) is 27.5 Å². The molecule has 79 heavy (non-hydrogen) atoms. The van der Waals surface area contributed by atoms with E-state index >= 15 is 0 Å². The quantitative estimate of drug-likeness (QED) is 0.136. The average molecular weight is 1020 g/mol. The second-order valence-electron chi connectivity index (χ2n) is 20.3. The van der Waals surface area contributed by atoms with Gasteiger partial charge in [-0.2, -0.15) is 0 Å². The Labute approximate surface area is 456 Å². The lowest BCUT2D eigenvalue weighted by atomic mass is 9.67. The van der Waals surface area contributed by atoms with Gasteiger partial charge in [-0.25, -0.2) is 8.78 Å². The number of rotatable bonds is 10. The van der Waals surface area contributed by atoms with Gasteiger partial charge in [0.1, 0.15) is 11.6 Å². The van der Waals surface area contributed by atoms with Crippen molar-refractivity contribution < 1.29 is 8.78 Å². The number of hydrogen-bond acceptors (Lipinski definition) is 2. The number of aromatic nitrogens is 2. The SMILES string of the molecule is Fc1ccc(-n2c3ccccc3c3cc(N(c4ccccc4)c4ccc5c(c4)C(c4ccccc4)(c4ccccc4)c4cc(N(c6ccccc6)c6ccc7c(c6)c6ccccc6n7-c6ccc(F)cc6)ccc4-5)ccc32)cc1. The normalized spacial score (nSPS) is 12.5. The average Bonchev–Trinajstić information content (AvgIpc) is 3.82. The van der Waals surface area contributed by atoms with Crippen LogP contribution in [0.3, 0.4) is 0 Å². The summed E-state index contributed by atoms with van der Waals surface area (Å²) in [4.78, 5) is 4.75. The molecule has 1 aliphatic rings. The van der Waals surface area contributed by atoms with Gasteiger partial charge in [0, 0.05) is 67.0 Å². The van der Waals surface area contributed by atoms with Gasteiger partial charge in [0.2, 0.25) is 0 Å². The highest BCUT2D eigenvalue weighted by molar-refractivity contribution is 6.12. The van der Waals surface area contributed by atoms with Gasteiger partial charge in [-0.05, 0) is 179 Å². The molecular weight excluding hydrogens is 971 g/mol. The zero-order valence-corrected chi connectivity index (χ0v) is 42.8. The van der Waals surface area contributed by atoms with Crippen LogP contribution in [0.5, 0.6) is 0 Å². The molecule has 0 radical (unpaired) electrons. The molecule has 0 unspecified atom stereocenters. The predicted molar refractivity (Wildman–Crippen MR) is 322 cm³/mol. The zero-order valence-electron chi connectivity index (χ0n) is 42.8. The molecule has 14 aromatic rings. The molecule has 0 aliphatic heterocycles. The summed E-state index contributed by atoms with van der Waals surface area (Å²) < 4.78 is 33.1. The topological polar surface area (TPSA) is 16.3 Å². The number of benzene rings is 12. The van der Waals surface area contributed by atoms with Crippen LogP contribution in [0.25, 0.3) is 66.1 Å². The van der Waals surface area contributed by atoms with Crippen molar-refractivity contribution in [1.82, 2.24) is 9.13 Å². The first kappa shape index (κ1) is 46.0. The summed E-state index contributed by atoms with van der Waals surface area (Å²) in [5.74, 6) is -0.527. The van der Waals surface area contributed by atoms with Crippen LogP contribution < -0.4 is 9.80 Å². The number of fused-ring (bicyclic) bond motifs is 9. The maximum absolute atomic E-state index is 14.3. The zero-order chi connectivity index (χ0) is 52.6. The largest absolute Gasteiger partial charge is 0.310 e. The molecule has 1 aliphatic carbocycles. The van der Waals surface area contributed by atoms with Crippen molar-refractivity contribution in [2.45, 2.75) is 5.41 Å². The van der Waals surface area contributed by atoms with Gasteiger partial charge >= 0.3 is 0 Å². The van der Waals surface area contributed by atoms with Crippen molar-refractivity contribution in [1.29, 1.82) is 0 Å². The Kier molecular flexibility index (Phi) is 10.8. The minimum Gasteiger partial charge on any atom is -0.310 e. The Morgan fingerprint density at radius 3 is 1.00 bits per heavy atom. The summed E-state index contributed by atoms with van der Waals surface area (Å²) in [7, 11) is 0. The number of halogens is 2. The third kappa shape index (κ3) is 7.33. The molecule has 0 spiro atoms. The fourth-order valence-corrected chi connectivity index (χ4v) is 12.7. The van der Waals surface area contributed by atoms with Crippen LogP contribution in [0.4, 0.5) is 42.9 Å². The molecule has 0 amide bonds. The molecule has 374 valence electrons. The van der Waals surface area contributed by atoms with E-state index in [0.717, 1.165) is 100 Å². The molecule has 2 heterocycles. The van der Waals surface area contributed by atoms with Gasteiger partial charge in [0.25, 0.3) is 0 Å². The number of hydrogen-bond donors (Lipinski definition) is 0. The molecule has 0 saturated heterocycles. The lowest BCUT2D eigenvalue weighted by Gasteiger charge is -2.35. The summed E-state index contributed by atoms with van der Waals surface area (Å²) in [6, 6.07) is 101. The minimum absolute atomic E-state index is 0.263. The first-order chi connectivity index (χ1) is 39.0. The van der Waals surface area contributed by atoms with Crippen LogP contribution in [-0.4, -0.2) is 9.13 Å². The molecule has 0 saturated carbocycles. The van der Waals surface area contributed by atoms with E-state index in [1.54, 1.807) is 0 Å². The Morgan fingerprint density at radius 1 is 0.266 bits per heavy atom. The summed E-state index contributed by atoms with van der Waals surface area (Å²) in [6.07, 6.45) is 0. The third-order valence-corrected chi connectivity index (χ3v) is 16.1. The van der Waals surface area contributed by atoms with Crippen LogP contribution in [0.1, 0.15) is 22.3 Å². The van der Waals surface area contributed by atoms with E-state index < -0.39 is 5.41 Å². The number of para-hydroxylation sites is 4. The summed E-state index contributed by atoms with van der Waals surface area (Å²) in [6.45, 7) is 0. The van der Waals surface area contributed by atoms with E-state index in [-0.39, 0.29) is 11.6 Å². The van der Waals surface area contributed by atoms with Crippen LogP contribution >= 0.6 is 0 Å². The smallest absolute Gasteiger partial charge is 0.123 e. The van der Waals surface area contributed by atoms with Crippen LogP contribution in [0.2, 0.25) is 0 Å². The second-order valence-corrected chi connectivity index (χ2v) is 20.3. The fraction of sp³-hybridized carbons (Fsp3) is 0.0137. The van der Waals surface area contributed by atoms with E-state index in [0.29, 0.717) is 0 Å². The van der Waals surface area contributed by atoms with Crippen LogP contribution in [0.15, 0.2) is 291 Å². The van der Waals surface area contributed by atoms with E-state index in [2.05, 4.69) is 262 Å². The van der Waals surface area contributed by atoms with Crippen LogP contribution in [0, 0.1) is 11.6 Å². The summed E-state index contributed by atoms with van der Waals surface area (Å²) in [5, 5.41) is 4.43. The van der Waals surface area contributed by atoms with Gasteiger partial charge in [-0.3, -0.25) is 0 Å². The van der Waals surface area contributed by atoms with Crippen molar-refractivity contribution >= 4 is 77.7 Å².